The Labute approximate surface area is 115 Å². The highest BCUT2D eigenvalue weighted by molar-refractivity contribution is 5.91. The Hall–Kier alpha value is -1.06. The van der Waals surface area contributed by atoms with Crippen LogP contribution in [-0.2, 0) is 11.2 Å². The third-order valence-corrected chi connectivity index (χ3v) is 3.21. The van der Waals surface area contributed by atoms with E-state index in [9.17, 15) is 4.79 Å². The standard InChI is InChI=1S/C14H20N2O.ClH/c1-2-11-5-3-6-13(9-11)16-14(17)10-12-7-4-8-15-12;/h3,5-6,9,12,15H,2,4,7-8,10H2,1H3,(H,16,17);1H. The average Bonchev–Trinajstić information content (AvgIpc) is 2.82. The summed E-state index contributed by atoms with van der Waals surface area (Å²) >= 11 is 0. The SMILES string of the molecule is CCc1cccc(NC(=O)CC2CCCN2)c1.Cl. The molecule has 1 aromatic rings. The van der Waals surface area contributed by atoms with E-state index in [2.05, 4.69) is 23.6 Å². The van der Waals surface area contributed by atoms with Gasteiger partial charge in [-0.05, 0) is 43.5 Å². The third-order valence-electron chi connectivity index (χ3n) is 3.21. The van der Waals surface area contributed by atoms with Crippen molar-refractivity contribution in [2.45, 2.75) is 38.6 Å². The Morgan fingerprint density at radius 3 is 3.00 bits per heavy atom. The van der Waals surface area contributed by atoms with Crippen molar-refractivity contribution >= 4 is 24.0 Å². The van der Waals surface area contributed by atoms with Crippen LogP contribution in [0.1, 0.15) is 31.7 Å². The maximum Gasteiger partial charge on any atom is 0.225 e. The molecule has 1 aliphatic rings. The molecule has 3 nitrogen and oxygen atoms in total. The molecule has 0 radical (unpaired) electrons. The van der Waals surface area contributed by atoms with Crippen molar-refractivity contribution in [2.75, 3.05) is 11.9 Å². The van der Waals surface area contributed by atoms with Crippen LogP contribution in [-0.4, -0.2) is 18.5 Å². The number of rotatable bonds is 4. The summed E-state index contributed by atoms with van der Waals surface area (Å²) in [6.07, 6.45) is 3.87. The Bertz CT molecular complexity index is 389. The highest BCUT2D eigenvalue weighted by atomic mass is 35.5. The Morgan fingerprint density at radius 1 is 1.50 bits per heavy atom. The quantitative estimate of drug-likeness (QED) is 0.882. The zero-order valence-corrected chi connectivity index (χ0v) is 11.6. The lowest BCUT2D eigenvalue weighted by molar-refractivity contribution is -0.116. The molecule has 0 bridgehead atoms. The second kappa shape index (κ2) is 7.39. The zero-order chi connectivity index (χ0) is 12.1. The van der Waals surface area contributed by atoms with Crippen molar-refractivity contribution in [3.63, 3.8) is 0 Å². The fourth-order valence-electron chi connectivity index (χ4n) is 2.24. The van der Waals surface area contributed by atoms with Crippen LogP contribution in [0, 0.1) is 0 Å². The molecule has 1 unspecified atom stereocenters. The number of amides is 1. The first-order valence-electron chi connectivity index (χ1n) is 6.40. The number of anilines is 1. The molecule has 100 valence electrons. The Balaban J connectivity index is 0.00000162. The molecule has 0 saturated carbocycles. The predicted octanol–water partition coefficient (Wildman–Crippen LogP) is 2.75. The highest BCUT2D eigenvalue weighted by Gasteiger charge is 2.17. The van der Waals surface area contributed by atoms with Gasteiger partial charge in [0.1, 0.15) is 0 Å². The lowest BCUT2D eigenvalue weighted by Crippen LogP contribution is -2.27. The molecule has 0 aliphatic carbocycles. The predicted molar refractivity (Wildman–Crippen MR) is 77.3 cm³/mol. The van der Waals surface area contributed by atoms with Gasteiger partial charge in [-0.3, -0.25) is 4.79 Å². The number of benzene rings is 1. The van der Waals surface area contributed by atoms with Gasteiger partial charge in [-0.15, -0.1) is 12.4 Å². The number of hydrogen-bond acceptors (Lipinski definition) is 2. The van der Waals surface area contributed by atoms with Gasteiger partial charge < -0.3 is 10.6 Å². The first-order chi connectivity index (χ1) is 8.28. The molecule has 2 N–H and O–H groups in total. The number of carbonyl (C=O) groups is 1. The molecule has 1 amide bonds. The normalized spacial score (nSPS) is 18.2. The van der Waals surface area contributed by atoms with Crippen LogP contribution in [0.15, 0.2) is 24.3 Å². The van der Waals surface area contributed by atoms with Gasteiger partial charge in [0.05, 0.1) is 0 Å². The molecule has 0 aromatic heterocycles. The van der Waals surface area contributed by atoms with Crippen molar-refractivity contribution in [1.29, 1.82) is 0 Å². The maximum absolute atomic E-state index is 11.8. The van der Waals surface area contributed by atoms with Crippen molar-refractivity contribution in [3.8, 4) is 0 Å². The van der Waals surface area contributed by atoms with E-state index < -0.39 is 0 Å². The first kappa shape index (κ1) is 15.0. The summed E-state index contributed by atoms with van der Waals surface area (Å²) in [5.74, 6) is 0.109. The van der Waals surface area contributed by atoms with Crippen LogP contribution in [0.3, 0.4) is 0 Å². The van der Waals surface area contributed by atoms with Crippen LogP contribution in [0.25, 0.3) is 0 Å². The van der Waals surface area contributed by atoms with E-state index in [1.54, 1.807) is 0 Å². The fourth-order valence-corrected chi connectivity index (χ4v) is 2.24. The molecule has 4 heteroatoms. The van der Waals surface area contributed by atoms with Crippen LogP contribution in [0.5, 0.6) is 0 Å². The lowest BCUT2D eigenvalue weighted by Gasteiger charge is -2.11. The first-order valence-corrected chi connectivity index (χ1v) is 6.40. The van der Waals surface area contributed by atoms with Crippen LogP contribution in [0.4, 0.5) is 5.69 Å². The zero-order valence-electron chi connectivity index (χ0n) is 10.7. The van der Waals surface area contributed by atoms with Gasteiger partial charge in [0.25, 0.3) is 0 Å². The van der Waals surface area contributed by atoms with E-state index in [-0.39, 0.29) is 18.3 Å². The summed E-state index contributed by atoms with van der Waals surface area (Å²) in [6.45, 7) is 3.16. The fraction of sp³-hybridized carbons (Fsp3) is 0.500. The smallest absolute Gasteiger partial charge is 0.225 e. The van der Waals surface area contributed by atoms with Gasteiger partial charge in [-0.1, -0.05) is 19.1 Å². The molecule has 1 saturated heterocycles. The minimum absolute atomic E-state index is 0. The molecule has 1 heterocycles. The summed E-state index contributed by atoms with van der Waals surface area (Å²) in [5.41, 5.74) is 2.16. The van der Waals surface area contributed by atoms with Gasteiger partial charge in [-0.2, -0.15) is 0 Å². The molecule has 1 fully saturated rings. The summed E-state index contributed by atoms with van der Waals surface area (Å²) in [7, 11) is 0. The summed E-state index contributed by atoms with van der Waals surface area (Å²) in [6, 6.07) is 8.42. The van der Waals surface area contributed by atoms with Crippen molar-refractivity contribution in [1.82, 2.24) is 5.32 Å². The number of halogens is 1. The summed E-state index contributed by atoms with van der Waals surface area (Å²) in [5, 5.41) is 6.30. The molecule has 18 heavy (non-hydrogen) atoms. The van der Waals surface area contributed by atoms with E-state index in [1.807, 2.05) is 18.2 Å². The molecular formula is C14H21ClN2O. The average molecular weight is 269 g/mol. The van der Waals surface area contributed by atoms with Crippen molar-refractivity contribution < 1.29 is 4.79 Å². The monoisotopic (exact) mass is 268 g/mol. The van der Waals surface area contributed by atoms with Gasteiger partial charge in [-0.25, -0.2) is 0 Å². The van der Waals surface area contributed by atoms with Gasteiger partial charge in [0.2, 0.25) is 5.91 Å². The topological polar surface area (TPSA) is 41.1 Å². The molecule has 2 rings (SSSR count). The van der Waals surface area contributed by atoms with Crippen LogP contribution >= 0.6 is 12.4 Å². The number of hydrogen-bond donors (Lipinski definition) is 2. The van der Waals surface area contributed by atoms with Crippen LogP contribution in [0.2, 0.25) is 0 Å². The largest absolute Gasteiger partial charge is 0.326 e. The van der Waals surface area contributed by atoms with Crippen LogP contribution < -0.4 is 10.6 Å². The van der Waals surface area contributed by atoms with E-state index >= 15 is 0 Å². The summed E-state index contributed by atoms with van der Waals surface area (Å²) in [4.78, 5) is 11.8. The summed E-state index contributed by atoms with van der Waals surface area (Å²) < 4.78 is 0. The molecular weight excluding hydrogens is 248 g/mol. The lowest BCUT2D eigenvalue weighted by atomic mass is 10.1. The number of aryl methyl sites for hydroxylation is 1. The van der Waals surface area contributed by atoms with Crippen molar-refractivity contribution in [2.24, 2.45) is 0 Å². The molecule has 1 aromatic carbocycles. The van der Waals surface area contributed by atoms with Gasteiger partial charge in [0.15, 0.2) is 0 Å². The maximum atomic E-state index is 11.8. The second-order valence-electron chi connectivity index (χ2n) is 4.60. The van der Waals surface area contributed by atoms with E-state index in [4.69, 9.17) is 0 Å². The Morgan fingerprint density at radius 2 is 2.33 bits per heavy atom. The van der Waals surface area contributed by atoms with E-state index in [1.165, 1.54) is 12.0 Å². The minimum Gasteiger partial charge on any atom is -0.326 e. The highest BCUT2D eigenvalue weighted by Crippen LogP contribution is 2.13. The van der Waals surface area contributed by atoms with E-state index in [0.717, 1.165) is 25.1 Å². The Kier molecular flexibility index (Phi) is 6.16. The molecule has 0 spiro atoms. The molecule has 1 atom stereocenters. The number of nitrogens with one attached hydrogen (secondary N) is 2. The van der Waals surface area contributed by atoms with E-state index in [0.29, 0.717) is 12.5 Å². The second-order valence-corrected chi connectivity index (χ2v) is 4.60. The van der Waals surface area contributed by atoms with Crippen molar-refractivity contribution in [3.05, 3.63) is 29.8 Å². The van der Waals surface area contributed by atoms with Gasteiger partial charge in [0, 0.05) is 18.2 Å². The molecule has 1 aliphatic heterocycles. The minimum atomic E-state index is 0. The van der Waals surface area contributed by atoms with Gasteiger partial charge >= 0.3 is 0 Å². The third kappa shape index (κ3) is 4.31. The number of carbonyl (C=O) groups excluding carboxylic acids is 1.